The van der Waals surface area contributed by atoms with Crippen molar-refractivity contribution in [2.24, 2.45) is 0 Å². The van der Waals surface area contributed by atoms with Crippen LogP contribution in [0.1, 0.15) is 19.4 Å². The predicted molar refractivity (Wildman–Crippen MR) is 102 cm³/mol. The number of nitriles is 1. The molecule has 132 valence electrons. The van der Waals surface area contributed by atoms with Crippen molar-refractivity contribution < 1.29 is 4.79 Å². The standard InChI is InChI=1S/C17H16N6OS2/c1-3-23-14(12-4-7-19-8-5-12)21-22-17(23)26-11(2)15(24)20-16-13(10-18)6-9-25-16/h4-9,11H,3H2,1-2H3,(H,20,24)/t11-/m1/s1. The zero-order valence-electron chi connectivity index (χ0n) is 14.2. The van der Waals surface area contributed by atoms with Gasteiger partial charge in [0.05, 0.1) is 10.8 Å². The van der Waals surface area contributed by atoms with Gasteiger partial charge in [-0.1, -0.05) is 11.8 Å². The van der Waals surface area contributed by atoms with Crippen LogP contribution in [0, 0.1) is 11.3 Å². The molecule has 0 spiro atoms. The van der Waals surface area contributed by atoms with Gasteiger partial charge in [-0.2, -0.15) is 5.26 Å². The van der Waals surface area contributed by atoms with Crippen molar-refractivity contribution in [2.75, 3.05) is 5.32 Å². The molecule has 0 aliphatic rings. The molecule has 1 N–H and O–H groups in total. The van der Waals surface area contributed by atoms with Gasteiger partial charge in [-0.15, -0.1) is 21.5 Å². The van der Waals surface area contributed by atoms with Gasteiger partial charge in [0.15, 0.2) is 11.0 Å². The largest absolute Gasteiger partial charge is 0.316 e. The number of thioether (sulfide) groups is 1. The van der Waals surface area contributed by atoms with Crippen molar-refractivity contribution in [3.8, 4) is 17.5 Å². The molecule has 9 heteroatoms. The summed E-state index contributed by atoms with van der Waals surface area (Å²) in [4.78, 5) is 16.5. The van der Waals surface area contributed by atoms with Gasteiger partial charge in [0.2, 0.25) is 5.91 Å². The fourth-order valence-electron chi connectivity index (χ4n) is 2.29. The fourth-order valence-corrected chi connectivity index (χ4v) is 3.95. The average molecular weight is 384 g/mol. The second kappa shape index (κ2) is 8.12. The van der Waals surface area contributed by atoms with E-state index in [4.69, 9.17) is 5.26 Å². The summed E-state index contributed by atoms with van der Waals surface area (Å²) in [6, 6.07) is 7.51. The first-order valence-corrected chi connectivity index (χ1v) is 9.68. The number of nitrogens with zero attached hydrogens (tertiary/aromatic N) is 5. The minimum Gasteiger partial charge on any atom is -0.316 e. The number of nitrogens with one attached hydrogen (secondary N) is 1. The first kappa shape index (κ1) is 18.1. The second-order valence-electron chi connectivity index (χ2n) is 5.31. The highest BCUT2D eigenvalue weighted by molar-refractivity contribution is 8.00. The minimum absolute atomic E-state index is 0.176. The molecule has 0 aliphatic carbocycles. The van der Waals surface area contributed by atoms with Crippen molar-refractivity contribution >= 4 is 34.0 Å². The Morgan fingerprint density at radius 1 is 1.38 bits per heavy atom. The maximum Gasteiger partial charge on any atom is 0.238 e. The van der Waals surface area contributed by atoms with E-state index in [1.54, 1.807) is 30.8 Å². The van der Waals surface area contributed by atoms with Gasteiger partial charge in [-0.25, -0.2) is 0 Å². The van der Waals surface area contributed by atoms with Crippen LogP contribution in [0.3, 0.4) is 0 Å². The molecular weight excluding hydrogens is 368 g/mol. The Labute approximate surface area is 159 Å². The van der Waals surface area contributed by atoms with Crippen LogP contribution in [0.25, 0.3) is 11.4 Å². The van der Waals surface area contributed by atoms with Gasteiger partial charge >= 0.3 is 0 Å². The van der Waals surface area contributed by atoms with Gasteiger partial charge in [0.1, 0.15) is 11.1 Å². The minimum atomic E-state index is -0.386. The number of carbonyl (C=O) groups is 1. The zero-order chi connectivity index (χ0) is 18.5. The third-order valence-corrected chi connectivity index (χ3v) is 5.56. The van der Waals surface area contributed by atoms with Crippen LogP contribution in [0.4, 0.5) is 5.00 Å². The number of thiophene rings is 1. The highest BCUT2D eigenvalue weighted by Crippen LogP contribution is 2.28. The normalized spacial score (nSPS) is 11.7. The monoisotopic (exact) mass is 384 g/mol. The Kier molecular flexibility index (Phi) is 5.65. The molecule has 0 saturated carbocycles. The number of carbonyl (C=O) groups excluding carboxylic acids is 1. The van der Waals surface area contributed by atoms with Gasteiger partial charge < -0.3 is 9.88 Å². The molecule has 1 atom stereocenters. The number of aromatic nitrogens is 4. The molecule has 0 aliphatic heterocycles. The van der Waals surface area contributed by atoms with E-state index >= 15 is 0 Å². The third kappa shape index (κ3) is 3.76. The zero-order valence-corrected chi connectivity index (χ0v) is 15.8. The van der Waals surface area contributed by atoms with Crippen molar-refractivity contribution in [3.05, 3.63) is 41.5 Å². The quantitative estimate of drug-likeness (QED) is 0.654. The molecule has 1 amide bonds. The van der Waals surface area contributed by atoms with Crippen LogP contribution >= 0.6 is 23.1 Å². The lowest BCUT2D eigenvalue weighted by molar-refractivity contribution is -0.115. The highest BCUT2D eigenvalue weighted by Gasteiger charge is 2.21. The van der Waals surface area contributed by atoms with E-state index in [2.05, 4.69) is 26.6 Å². The molecule has 0 radical (unpaired) electrons. The van der Waals surface area contributed by atoms with E-state index in [0.717, 1.165) is 11.4 Å². The lowest BCUT2D eigenvalue weighted by atomic mass is 10.2. The molecule has 0 fully saturated rings. The smallest absolute Gasteiger partial charge is 0.238 e. The summed E-state index contributed by atoms with van der Waals surface area (Å²) in [6.07, 6.45) is 3.42. The lowest BCUT2D eigenvalue weighted by Crippen LogP contribution is -2.22. The van der Waals surface area contributed by atoms with Crippen molar-refractivity contribution in [3.63, 3.8) is 0 Å². The van der Waals surface area contributed by atoms with Gasteiger partial charge in [0.25, 0.3) is 0 Å². The summed E-state index contributed by atoms with van der Waals surface area (Å²) < 4.78 is 1.97. The maximum absolute atomic E-state index is 12.5. The summed E-state index contributed by atoms with van der Waals surface area (Å²) in [5.74, 6) is 0.570. The number of anilines is 1. The van der Waals surface area contributed by atoms with Gasteiger partial charge in [-0.3, -0.25) is 9.78 Å². The van der Waals surface area contributed by atoms with E-state index in [-0.39, 0.29) is 11.2 Å². The molecule has 3 heterocycles. The Morgan fingerprint density at radius 2 is 2.15 bits per heavy atom. The van der Waals surface area contributed by atoms with Crippen LogP contribution < -0.4 is 5.32 Å². The SMILES string of the molecule is CCn1c(S[C@H](C)C(=O)Nc2sccc2C#N)nnc1-c1ccncc1. The molecule has 0 bridgehead atoms. The molecule has 0 unspecified atom stereocenters. The first-order chi connectivity index (χ1) is 12.6. The van der Waals surface area contributed by atoms with Crippen LogP contribution in [-0.2, 0) is 11.3 Å². The Balaban J connectivity index is 1.75. The molecule has 7 nitrogen and oxygen atoms in total. The molecular formula is C17H16N6OS2. The number of rotatable bonds is 6. The first-order valence-electron chi connectivity index (χ1n) is 7.92. The third-order valence-electron chi connectivity index (χ3n) is 3.65. The van der Waals surface area contributed by atoms with E-state index in [1.165, 1.54) is 23.1 Å². The van der Waals surface area contributed by atoms with Crippen molar-refractivity contribution in [1.29, 1.82) is 5.26 Å². The summed E-state index contributed by atoms with van der Waals surface area (Å²) in [5, 5.41) is 23.0. The molecule has 0 saturated heterocycles. The van der Waals surface area contributed by atoms with Gasteiger partial charge in [-0.05, 0) is 37.4 Å². The van der Waals surface area contributed by atoms with Crippen molar-refractivity contribution in [1.82, 2.24) is 19.7 Å². The van der Waals surface area contributed by atoms with Crippen LogP contribution in [0.15, 0.2) is 41.1 Å². The number of hydrogen-bond acceptors (Lipinski definition) is 7. The van der Waals surface area contributed by atoms with E-state index in [0.29, 0.717) is 22.3 Å². The molecule has 26 heavy (non-hydrogen) atoms. The fraction of sp³-hybridized carbons (Fsp3) is 0.235. The van der Waals surface area contributed by atoms with Crippen molar-refractivity contribution in [2.45, 2.75) is 30.8 Å². The van der Waals surface area contributed by atoms with E-state index in [1.807, 2.05) is 23.6 Å². The lowest BCUT2D eigenvalue weighted by Gasteiger charge is -2.12. The van der Waals surface area contributed by atoms with Gasteiger partial charge in [0, 0.05) is 24.5 Å². The Morgan fingerprint density at radius 3 is 2.85 bits per heavy atom. The predicted octanol–water partition coefficient (Wildman–Crippen LogP) is 3.41. The number of hydrogen-bond donors (Lipinski definition) is 1. The summed E-state index contributed by atoms with van der Waals surface area (Å²) in [5.41, 5.74) is 1.40. The number of pyridine rings is 1. The topological polar surface area (TPSA) is 96.5 Å². The second-order valence-corrected chi connectivity index (χ2v) is 7.53. The highest BCUT2D eigenvalue weighted by atomic mass is 32.2. The summed E-state index contributed by atoms with van der Waals surface area (Å²) >= 11 is 2.67. The number of amides is 1. The van der Waals surface area contributed by atoms with Crippen LogP contribution in [-0.4, -0.2) is 30.9 Å². The van der Waals surface area contributed by atoms with E-state index < -0.39 is 0 Å². The summed E-state index contributed by atoms with van der Waals surface area (Å²) in [6.45, 7) is 4.50. The Bertz CT molecular complexity index is 944. The summed E-state index contributed by atoms with van der Waals surface area (Å²) in [7, 11) is 0. The molecule has 3 aromatic heterocycles. The average Bonchev–Trinajstić information content (AvgIpc) is 3.28. The van der Waals surface area contributed by atoms with Crippen LogP contribution in [0.2, 0.25) is 0 Å². The van der Waals surface area contributed by atoms with E-state index in [9.17, 15) is 4.79 Å². The van der Waals surface area contributed by atoms with Crippen LogP contribution in [0.5, 0.6) is 0 Å². The molecule has 3 aromatic rings. The maximum atomic E-state index is 12.5. The Hall–Kier alpha value is -2.70. The molecule has 0 aromatic carbocycles. The molecule has 3 rings (SSSR count).